The number of H-pyrrole nitrogens is 1. The summed E-state index contributed by atoms with van der Waals surface area (Å²) in [5.41, 5.74) is 1.66. The van der Waals surface area contributed by atoms with E-state index in [1.54, 1.807) is 6.07 Å². The zero-order chi connectivity index (χ0) is 23.5. The van der Waals surface area contributed by atoms with Crippen LogP contribution < -0.4 is 20.1 Å². The first-order chi connectivity index (χ1) is 16.4. The molecule has 4 aliphatic rings. The molecule has 34 heavy (non-hydrogen) atoms. The number of benzene rings is 1. The van der Waals surface area contributed by atoms with Crippen LogP contribution in [0.2, 0.25) is 0 Å². The van der Waals surface area contributed by atoms with Gasteiger partial charge in [0.25, 0.3) is 5.91 Å². The Labute approximate surface area is 196 Å². The van der Waals surface area contributed by atoms with E-state index in [9.17, 15) is 10.1 Å². The van der Waals surface area contributed by atoms with Crippen LogP contribution in [0.25, 0.3) is 11.0 Å². The summed E-state index contributed by atoms with van der Waals surface area (Å²) >= 11 is 0. The van der Waals surface area contributed by atoms with Crippen LogP contribution >= 0.6 is 0 Å². The van der Waals surface area contributed by atoms with E-state index in [2.05, 4.69) is 45.5 Å². The monoisotopic (exact) mass is 458 g/mol. The number of nitriles is 1. The third kappa shape index (κ3) is 3.24. The van der Waals surface area contributed by atoms with Gasteiger partial charge in [0.15, 0.2) is 11.5 Å². The van der Waals surface area contributed by atoms with E-state index in [-0.39, 0.29) is 28.8 Å². The quantitative estimate of drug-likeness (QED) is 0.514. The minimum absolute atomic E-state index is 0.0379. The summed E-state index contributed by atoms with van der Waals surface area (Å²) in [4.78, 5) is 24.9. The van der Waals surface area contributed by atoms with Gasteiger partial charge in [-0.25, -0.2) is 9.97 Å². The fraction of sp³-hybridized carbons (Fsp3) is 0.440. The molecule has 3 saturated carbocycles. The molecule has 174 valence electrons. The van der Waals surface area contributed by atoms with Crippen LogP contribution in [0, 0.1) is 22.7 Å². The number of rotatable bonds is 6. The van der Waals surface area contributed by atoms with Crippen LogP contribution in [-0.4, -0.2) is 39.6 Å². The molecule has 3 aromatic rings. The van der Waals surface area contributed by atoms with Crippen LogP contribution in [0.1, 0.15) is 55.2 Å². The summed E-state index contributed by atoms with van der Waals surface area (Å²) in [5, 5.41) is 16.6. The van der Waals surface area contributed by atoms with Gasteiger partial charge in [-0.05, 0) is 48.9 Å². The summed E-state index contributed by atoms with van der Waals surface area (Å²) in [6.07, 6.45) is 3.70. The van der Waals surface area contributed by atoms with Crippen LogP contribution in [0.4, 0.5) is 5.82 Å². The predicted molar refractivity (Wildman–Crippen MR) is 125 cm³/mol. The molecule has 2 aromatic heterocycles. The topological polar surface area (TPSA) is 125 Å². The summed E-state index contributed by atoms with van der Waals surface area (Å²) in [7, 11) is 0. The molecular formula is C25H26N6O3. The lowest BCUT2D eigenvalue weighted by molar-refractivity contribution is -0.102. The molecule has 1 aliphatic heterocycles. The molecule has 0 spiro atoms. The van der Waals surface area contributed by atoms with Gasteiger partial charge >= 0.3 is 0 Å². The molecule has 3 fully saturated rings. The van der Waals surface area contributed by atoms with E-state index < -0.39 is 0 Å². The van der Waals surface area contributed by atoms with Crippen molar-refractivity contribution in [3.8, 4) is 17.6 Å². The van der Waals surface area contributed by atoms with E-state index in [4.69, 9.17) is 9.47 Å². The number of nitrogens with one attached hydrogen (secondary N) is 3. The van der Waals surface area contributed by atoms with Crippen molar-refractivity contribution in [1.82, 2.24) is 20.3 Å². The molecule has 0 unspecified atom stereocenters. The van der Waals surface area contributed by atoms with Gasteiger partial charge < -0.3 is 25.1 Å². The molecule has 3 aliphatic carbocycles. The van der Waals surface area contributed by atoms with Gasteiger partial charge in [0.05, 0.1) is 22.9 Å². The number of hydrogen-bond acceptors (Lipinski definition) is 7. The Bertz CT molecular complexity index is 1320. The van der Waals surface area contributed by atoms with E-state index in [0.717, 1.165) is 41.7 Å². The van der Waals surface area contributed by atoms with Crippen LogP contribution in [0.3, 0.4) is 0 Å². The molecule has 9 heteroatoms. The SMILES string of the molecule is CC(C)[C@@H](Nc1ncnc2[nH]c(C(=O)NC34CC(C#N)(C3)C4)cc12)c1ccc2c(c1)OCCO2. The first-order valence-corrected chi connectivity index (χ1v) is 11.6. The highest BCUT2D eigenvalue weighted by molar-refractivity contribution is 6.00. The molecule has 0 saturated heterocycles. The minimum Gasteiger partial charge on any atom is -0.486 e. The third-order valence-electron chi connectivity index (χ3n) is 7.20. The fourth-order valence-electron chi connectivity index (χ4n) is 5.56. The first kappa shape index (κ1) is 20.8. The predicted octanol–water partition coefficient (Wildman–Crippen LogP) is 3.71. The number of fused-ring (bicyclic) bond motifs is 2. The largest absolute Gasteiger partial charge is 0.486 e. The molecule has 9 nitrogen and oxygen atoms in total. The third-order valence-corrected chi connectivity index (χ3v) is 7.20. The number of amides is 1. The number of carbonyl (C=O) groups excluding carboxylic acids is 1. The van der Waals surface area contributed by atoms with E-state index in [1.807, 2.05) is 18.2 Å². The van der Waals surface area contributed by atoms with Crippen molar-refractivity contribution in [2.24, 2.45) is 11.3 Å². The van der Waals surface area contributed by atoms with Gasteiger partial charge in [-0.1, -0.05) is 19.9 Å². The molecule has 1 atom stereocenters. The molecule has 3 N–H and O–H groups in total. The number of aromatic amines is 1. The smallest absolute Gasteiger partial charge is 0.268 e. The van der Waals surface area contributed by atoms with Gasteiger partial charge in [0.1, 0.15) is 36.7 Å². The molecule has 0 radical (unpaired) electrons. The Hall–Kier alpha value is -3.80. The average Bonchev–Trinajstić information content (AvgIpc) is 3.23. The zero-order valence-corrected chi connectivity index (χ0v) is 19.1. The number of aromatic nitrogens is 3. The van der Waals surface area contributed by atoms with E-state index in [0.29, 0.717) is 30.4 Å². The van der Waals surface area contributed by atoms with E-state index >= 15 is 0 Å². The molecular weight excluding hydrogens is 432 g/mol. The number of carbonyl (C=O) groups is 1. The molecule has 2 bridgehead atoms. The first-order valence-electron chi connectivity index (χ1n) is 11.6. The Balaban J connectivity index is 1.25. The molecule has 7 rings (SSSR count). The summed E-state index contributed by atoms with van der Waals surface area (Å²) in [5.74, 6) is 2.24. The highest BCUT2D eigenvalue weighted by Crippen LogP contribution is 2.66. The van der Waals surface area contributed by atoms with Crippen molar-refractivity contribution in [3.63, 3.8) is 0 Å². The Kier molecular flexibility index (Phi) is 4.49. The second kappa shape index (κ2) is 7.35. The highest BCUT2D eigenvalue weighted by atomic mass is 16.6. The number of hydrogen-bond donors (Lipinski definition) is 3. The second-order valence-electron chi connectivity index (χ2n) is 10.1. The summed E-state index contributed by atoms with van der Waals surface area (Å²) in [6.45, 7) is 5.37. The lowest BCUT2D eigenvalue weighted by Gasteiger charge is -2.66. The van der Waals surface area contributed by atoms with Gasteiger partial charge in [-0.15, -0.1) is 0 Å². The van der Waals surface area contributed by atoms with Crippen LogP contribution in [0.5, 0.6) is 11.5 Å². The van der Waals surface area contributed by atoms with Crippen molar-refractivity contribution in [2.75, 3.05) is 18.5 Å². The normalized spacial score (nSPS) is 25.1. The summed E-state index contributed by atoms with van der Waals surface area (Å²) in [6, 6.07) is 10.1. The van der Waals surface area contributed by atoms with Gasteiger partial charge in [-0.3, -0.25) is 4.79 Å². The lowest BCUT2D eigenvalue weighted by atomic mass is 9.40. The fourth-order valence-corrected chi connectivity index (χ4v) is 5.56. The van der Waals surface area contributed by atoms with Gasteiger partial charge in [0.2, 0.25) is 0 Å². The Morgan fingerprint density at radius 2 is 1.91 bits per heavy atom. The number of nitrogens with zero attached hydrogens (tertiary/aromatic N) is 3. The maximum Gasteiger partial charge on any atom is 0.268 e. The maximum atomic E-state index is 12.9. The van der Waals surface area contributed by atoms with Crippen LogP contribution in [-0.2, 0) is 0 Å². The van der Waals surface area contributed by atoms with E-state index in [1.165, 1.54) is 6.33 Å². The standard InChI is InChI=1S/C25H26N6O3/c1-14(2)20(15-3-4-18-19(7-15)34-6-5-33-18)30-22-16-8-17(29-21(16)27-13-28-22)23(32)31-25-9-24(10-25,11-25)12-26/h3-4,7-8,13-14,20H,5-6,9-11H2,1-2H3,(H,31,32)(H2,27,28,29,30)/t20-,24?,25?/m1/s1. The number of ether oxygens (including phenoxy) is 2. The van der Waals surface area contributed by atoms with Crippen LogP contribution in [0.15, 0.2) is 30.6 Å². The minimum atomic E-state index is -0.224. The molecule has 3 heterocycles. The highest BCUT2D eigenvalue weighted by Gasteiger charge is 2.69. The molecule has 1 amide bonds. The average molecular weight is 459 g/mol. The number of anilines is 1. The maximum absolute atomic E-state index is 12.9. The zero-order valence-electron chi connectivity index (χ0n) is 19.1. The van der Waals surface area contributed by atoms with Crippen molar-refractivity contribution in [2.45, 2.75) is 44.7 Å². The lowest BCUT2D eigenvalue weighted by Crippen LogP contribution is -2.74. The van der Waals surface area contributed by atoms with Gasteiger partial charge in [0, 0.05) is 5.54 Å². The van der Waals surface area contributed by atoms with Gasteiger partial charge in [-0.2, -0.15) is 5.26 Å². The summed E-state index contributed by atoms with van der Waals surface area (Å²) < 4.78 is 11.4. The Morgan fingerprint density at radius 3 is 2.65 bits per heavy atom. The molecule has 1 aromatic carbocycles. The van der Waals surface area contributed by atoms with Crippen molar-refractivity contribution < 1.29 is 14.3 Å². The second-order valence-corrected chi connectivity index (χ2v) is 10.1. The van der Waals surface area contributed by atoms with Crippen molar-refractivity contribution >= 4 is 22.8 Å². The van der Waals surface area contributed by atoms with Crippen molar-refractivity contribution in [1.29, 1.82) is 5.26 Å². The Morgan fingerprint density at radius 1 is 1.15 bits per heavy atom. The van der Waals surface area contributed by atoms with Crippen molar-refractivity contribution in [3.05, 3.63) is 41.9 Å².